The fourth-order valence-electron chi connectivity index (χ4n) is 3.00. The fraction of sp³-hybridized carbons (Fsp3) is 0.421. The molecule has 0 saturated carbocycles. The number of aliphatic hydroxyl groups excluding tert-OH is 3. The van der Waals surface area contributed by atoms with Gasteiger partial charge in [-0.05, 0) is 28.7 Å². The highest BCUT2D eigenvalue weighted by Crippen LogP contribution is 2.41. The highest BCUT2D eigenvalue weighted by Gasteiger charge is 2.25. The Morgan fingerprint density at radius 2 is 1.89 bits per heavy atom. The number of carbonyl (C=O) groups is 1. The zero-order valence-corrected chi connectivity index (χ0v) is 16.2. The third-order valence-corrected chi connectivity index (χ3v) is 4.82. The molecule has 0 unspecified atom stereocenters. The number of carbonyl (C=O) groups excluding carboxylic acids is 1. The Hall–Kier alpha value is -2.06. The normalized spacial score (nSPS) is 10.9. The Balaban J connectivity index is 2.68. The quantitative estimate of drug-likeness (QED) is 0.329. The molecule has 0 spiro atoms. The molecule has 0 atom stereocenters. The van der Waals surface area contributed by atoms with Crippen molar-refractivity contribution in [2.24, 2.45) is 0 Å². The third kappa shape index (κ3) is 4.27. The number of hydrogen-bond donors (Lipinski definition) is 5. The second kappa shape index (κ2) is 9.75. The van der Waals surface area contributed by atoms with Gasteiger partial charge in [-0.3, -0.25) is 0 Å². The molecule has 1 aromatic heterocycles. The van der Waals surface area contributed by atoms with Crippen LogP contribution in [0.2, 0.25) is 5.02 Å². The lowest BCUT2D eigenvalue weighted by atomic mass is 9.93. The number of halogens is 1. The number of aliphatic hydroxyl groups is 3. The number of anilines is 1. The number of unbranched alkanes of at least 4 members (excludes halogenated alkanes) is 1. The van der Waals surface area contributed by atoms with Gasteiger partial charge in [0, 0.05) is 12.1 Å². The van der Waals surface area contributed by atoms with Crippen molar-refractivity contribution in [1.29, 1.82) is 0 Å². The molecule has 5 N–H and O–H groups in total. The molecule has 0 aliphatic carbocycles. The first-order valence-electron chi connectivity index (χ1n) is 8.74. The molecule has 0 aliphatic heterocycles. The summed E-state index contributed by atoms with van der Waals surface area (Å²) in [5.41, 5.74) is 2.58. The first kappa shape index (κ1) is 21.2. The van der Waals surface area contributed by atoms with E-state index in [4.69, 9.17) is 16.3 Å². The molecule has 2 rings (SSSR count). The fourth-order valence-corrected chi connectivity index (χ4v) is 3.32. The number of aromatic amines is 1. The molecule has 1 heterocycles. The molecule has 0 amide bonds. The van der Waals surface area contributed by atoms with Gasteiger partial charge in [-0.1, -0.05) is 37.1 Å². The smallest absolute Gasteiger partial charge is 0.356 e. The maximum absolute atomic E-state index is 12.1. The lowest BCUT2D eigenvalue weighted by Crippen LogP contribution is -2.06. The van der Waals surface area contributed by atoms with E-state index < -0.39 is 5.97 Å². The third-order valence-electron chi connectivity index (χ3n) is 4.44. The molecular formula is C19H25ClN2O5. The highest BCUT2D eigenvalue weighted by atomic mass is 35.5. The molecule has 0 fully saturated rings. The standard InChI is InChI=1S/C19H25ClN2O5/c1-3-4-7-21-18-15(16(20)17(22-18)19(26)27-2)12-6-5-11(8-23)13(9-24)14(12)10-25/h5-6,21-25H,3-4,7-10H2,1-2H3. The number of esters is 1. The zero-order valence-electron chi connectivity index (χ0n) is 15.4. The SMILES string of the molecule is CCCCNc1[nH]c(C(=O)OC)c(Cl)c1-c1ccc(CO)c(CO)c1CO. The lowest BCUT2D eigenvalue weighted by Gasteiger charge is -2.16. The first-order chi connectivity index (χ1) is 13.0. The van der Waals surface area contributed by atoms with E-state index >= 15 is 0 Å². The van der Waals surface area contributed by atoms with Gasteiger partial charge in [0.1, 0.15) is 11.5 Å². The Labute approximate surface area is 162 Å². The van der Waals surface area contributed by atoms with Crippen LogP contribution in [-0.2, 0) is 24.6 Å². The number of methoxy groups -OCH3 is 1. The van der Waals surface area contributed by atoms with Crippen molar-refractivity contribution in [2.75, 3.05) is 19.0 Å². The molecule has 0 saturated heterocycles. The van der Waals surface area contributed by atoms with Crippen LogP contribution in [0.25, 0.3) is 11.1 Å². The molecule has 0 radical (unpaired) electrons. The van der Waals surface area contributed by atoms with Crippen LogP contribution in [0.5, 0.6) is 0 Å². The van der Waals surface area contributed by atoms with Crippen LogP contribution < -0.4 is 5.32 Å². The summed E-state index contributed by atoms with van der Waals surface area (Å²) >= 11 is 6.48. The largest absolute Gasteiger partial charge is 0.464 e. The van der Waals surface area contributed by atoms with Gasteiger partial charge in [-0.15, -0.1) is 0 Å². The van der Waals surface area contributed by atoms with Gasteiger partial charge in [0.15, 0.2) is 0 Å². The molecule has 0 aliphatic rings. The summed E-state index contributed by atoms with van der Waals surface area (Å²) in [6.45, 7) is 1.76. The average molecular weight is 397 g/mol. The van der Waals surface area contributed by atoms with E-state index in [1.165, 1.54) is 7.11 Å². The minimum Gasteiger partial charge on any atom is -0.464 e. The van der Waals surface area contributed by atoms with Crippen molar-refractivity contribution in [2.45, 2.75) is 39.6 Å². The monoisotopic (exact) mass is 396 g/mol. The minimum atomic E-state index is -0.607. The van der Waals surface area contributed by atoms with Crippen molar-refractivity contribution in [1.82, 2.24) is 4.98 Å². The number of hydrogen-bond acceptors (Lipinski definition) is 6. The Kier molecular flexibility index (Phi) is 7.67. The molecule has 27 heavy (non-hydrogen) atoms. The van der Waals surface area contributed by atoms with Crippen LogP contribution in [0.15, 0.2) is 12.1 Å². The predicted octanol–water partition coefficient (Wildman–Crippen LogP) is 2.81. The van der Waals surface area contributed by atoms with Crippen molar-refractivity contribution in [3.8, 4) is 11.1 Å². The van der Waals surface area contributed by atoms with Gasteiger partial charge < -0.3 is 30.4 Å². The maximum Gasteiger partial charge on any atom is 0.356 e. The molecule has 2 aromatic rings. The molecule has 1 aromatic carbocycles. The van der Waals surface area contributed by atoms with E-state index in [0.717, 1.165) is 12.8 Å². The summed E-state index contributed by atoms with van der Waals surface area (Å²) in [6.07, 6.45) is 1.91. The van der Waals surface area contributed by atoms with E-state index in [2.05, 4.69) is 17.2 Å². The molecule has 0 bridgehead atoms. The van der Waals surface area contributed by atoms with Crippen LogP contribution in [0, 0.1) is 0 Å². The van der Waals surface area contributed by atoms with E-state index in [1.54, 1.807) is 12.1 Å². The first-order valence-corrected chi connectivity index (χ1v) is 9.11. The van der Waals surface area contributed by atoms with Crippen LogP contribution in [0.3, 0.4) is 0 Å². The summed E-state index contributed by atoms with van der Waals surface area (Å²) in [7, 11) is 1.27. The summed E-state index contributed by atoms with van der Waals surface area (Å²) < 4.78 is 4.78. The molecule has 148 valence electrons. The van der Waals surface area contributed by atoms with Crippen molar-refractivity contribution >= 4 is 23.4 Å². The Morgan fingerprint density at radius 3 is 2.44 bits per heavy atom. The van der Waals surface area contributed by atoms with Crippen molar-refractivity contribution in [3.05, 3.63) is 39.5 Å². The second-order valence-corrected chi connectivity index (χ2v) is 6.42. The summed E-state index contributed by atoms with van der Waals surface area (Å²) in [5.74, 6) is -0.0751. The average Bonchev–Trinajstić information content (AvgIpc) is 3.02. The van der Waals surface area contributed by atoms with E-state index in [0.29, 0.717) is 40.2 Å². The number of rotatable bonds is 9. The van der Waals surface area contributed by atoms with Crippen LogP contribution in [0.4, 0.5) is 5.82 Å². The number of ether oxygens (including phenoxy) is 1. The van der Waals surface area contributed by atoms with Crippen molar-refractivity contribution in [3.63, 3.8) is 0 Å². The molecular weight excluding hydrogens is 372 g/mol. The predicted molar refractivity (Wildman–Crippen MR) is 104 cm³/mol. The summed E-state index contributed by atoms with van der Waals surface area (Å²) in [4.78, 5) is 15.0. The van der Waals surface area contributed by atoms with Gasteiger partial charge in [0.2, 0.25) is 0 Å². The number of H-pyrrole nitrogens is 1. The van der Waals surface area contributed by atoms with E-state index in [9.17, 15) is 20.1 Å². The second-order valence-electron chi connectivity index (χ2n) is 6.04. The summed E-state index contributed by atoms with van der Waals surface area (Å²) in [6, 6.07) is 3.37. The lowest BCUT2D eigenvalue weighted by molar-refractivity contribution is 0.0595. The topological polar surface area (TPSA) is 115 Å². The van der Waals surface area contributed by atoms with E-state index in [1.807, 2.05) is 0 Å². The van der Waals surface area contributed by atoms with Gasteiger partial charge in [-0.25, -0.2) is 4.79 Å². The Bertz CT molecular complexity index is 804. The number of aromatic nitrogens is 1. The minimum absolute atomic E-state index is 0.105. The molecule has 7 nitrogen and oxygen atoms in total. The van der Waals surface area contributed by atoms with Crippen LogP contribution in [0.1, 0.15) is 46.9 Å². The van der Waals surface area contributed by atoms with Crippen LogP contribution >= 0.6 is 11.6 Å². The van der Waals surface area contributed by atoms with Gasteiger partial charge in [-0.2, -0.15) is 0 Å². The van der Waals surface area contributed by atoms with Gasteiger partial charge >= 0.3 is 5.97 Å². The maximum atomic E-state index is 12.1. The zero-order chi connectivity index (χ0) is 20.0. The number of nitrogens with one attached hydrogen (secondary N) is 2. The Morgan fingerprint density at radius 1 is 1.19 bits per heavy atom. The van der Waals surface area contributed by atoms with E-state index in [-0.39, 0.29) is 30.5 Å². The number of benzene rings is 1. The highest BCUT2D eigenvalue weighted by molar-refractivity contribution is 6.37. The van der Waals surface area contributed by atoms with Gasteiger partial charge in [0.05, 0.1) is 32.0 Å². The molecule has 8 heteroatoms. The van der Waals surface area contributed by atoms with Crippen LogP contribution in [-0.4, -0.2) is 39.9 Å². The van der Waals surface area contributed by atoms with Crippen molar-refractivity contribution < 1.29 is 24.9 Å². The van der Waals surface area contributed by atoms with Gasteiger partial charge in [0.25, 0.3) is 0 Å². The summed E-state index contributed by atoms with van der Waals surface area (Å²) in [5, 5.41) is 32.5.